The van der Waals surface area contributed by atoms with Gasteiger partial charge in [-0.25, -0.2) is 4.79 Å². The summed E-state index contributed by atoms with van der Waals surface area (Å²) in [7, 11) is 0. The van der Waals surface area contributed by atoms with E-state index in [9.17, 15) is 9.90 Å². The fourth-order valence-corrected chi connectivity index (χ4v) is 2.95. The van der Waals surface area contributed by atoms with Crippen LogP contribution in [0.1, 0.15) is 39.4 Å². The van der Waals surface area contributed by atoms with Gasteiger partial charge < -0.3 is 15.4 Å². The average molecular weight is 277 g/mol. The first-order valence-corrected chi connectivity index (χ1v) is 6.73. The molecule has 1 aliphatic rings. The number of rotatable bonds is 2. The van der Waals surface area contributed by atoms with Gasteiger partial charge in [0.2, 0.25) is 0 Å². The van der Waals surface area contributed by atoms with Gasteiger partial charge in [-0.15, -0.1) is 0 Å². The molecule has 20 heavy (non-hydrogen) atoms. The van der Waals surface area contributed by atoms with Crippen LogP contribution in [0, 0.1) is 0 Å². The lowest BCUT2D eigenvalue weighted by Gasteiger charge is -2.24. The Hall–Kier alpha value is -1.59. The molecule has 0 saturated heterocycles. The highest BCUT2D eigenvalue weighted by atomic mass is 16.3. The molecule has 2 atom stereocenters. The molecular weight excluding hydrogens is 254 g/mol. The van der Waals surface area contributed by atoms with Gasteiger partial charge >= 0.3 is 5.69 Å². The van der Waals surface area contributed by atoms with Gasteiger partial charge in [0.1, 0.15) is 0 Å². The molecule has 0 amide bonds. The third-order valence-corrected chi connectivity index (χ3v) is 3.73. The van der Waals surface area contributed by atoms with E-state index < -0.39 is 6.10 Å². The molecule has 5 nitrogen and oxygen atoms in total. The highest BCUT2D eigenvalue weighted by Crippen LogP contribution is 2.29. The summed E-state index contributed by atoms with van der Waals surface area (Å²) in [6.45, 7) is 4.74. The number of nitrogens with one attached hydrogen (secondary N) is 2. The quantitative estimate of drug-likeness (QED) is 0.783. The van der Waals surface area contributed by atoms with Gasteiger partial charge in [-0.3, -0.25) is 4.57 Å². The van der Waals surface area contributed by atoms with Crippen molar-refractivity contribution in [3.63, 3.8) is 0 Å². The zero-order chi connectivity index (χ0) is 13.6. The van der Waals surface area contributed by atoms with Gasteiger partial charge in [0.15, 0.2) is 0 Å². The van der Waals surface area contributed by atoms with Crippen LogP contribution in [-0.4, -0.2) is 26.7 Å². The summed E-state index contributed by atoms with van der Waals surface area (Å²) in [5.41, 5.74) is 2.37. The molecule has 1 aromatic carbocycles. The highest BCUT2D eigenvalue weighted by molar-refractivity contribution is 5.79. The number of aromatic nitrogens is 2. The fraction of sp³-hybridized carbons (Fsp3) is 0.533. The smallest absolute Gasteiger partial charge is 0.326 e. The number of aryl methyl sites for hydroxylation is 1. The zero-order valence-electron chi connectivity index (χ0n) is 11.2. The third kappa shape index (κ3) is 2.27. The standard InChI is InChI=1S/C14H19N3O2.CH4/c1-8(2)15-11-6-7-17-12-9(13(11)18)4-3-5-10(12)16-14(17)19;/h3-5,8,11,13,15,18H,6-7H2,1-2H3,(H,16,19);1H4. The van der Waals surface area contributed by atoms with Crippen LogP contribution >= 0.6 is 0 Å². The number of aliphatic hydroxyl groups excluding tert-OH is 1. The van der Waals surface area contributed by atoms with Crippen LogP contribution in [0.5, 0.6) is 0 Å². The first-order valence-electron chi connectivity index (χ1n) is 6.73. The van der Waals surface area contributed by atoms with E-state index in [1.807, 2.05) is 18.2 Å². The fourth-order valence-electron chi connectivity index (χ4n) is 2.95. The van der Waals surface area contributed by atoms with E-state index in [0.29, 0.717) is 12.6 Å². The molecule has 0 spiro atoms. The van der Waals surface area contributed by atoms with Gasteiger partial charge in [-0.2, -0.15) is 0 Å². The molecule has 0 radical (unpaired) electrons. The zero-order valence-corrected chi connectivity index (χ0v) is 11.2. The molecule has 1 aromatic heterocycles. The van der Waals surface area contributed by atoms with Gasteiger partial charge in [-0.1, -0.05) is 33.4 Å². The van der Waals surface area contributed by atoms with E-state index >= 15 is 0 Å². The number of hydrogen-bond donors (Lipinski definition) is 3. The predicted molar refractivity (Wildman–Crippen MR) is 80.9 cm³/mol. The summed E-state index contributed by atoms with van der Waals surface area (Å²) in [6.07, 6.45) is 0.149. The molecule has 0 bridgehead atoms. The number of nitrogens with zero attached hydrogens (tertiary/aromatic N) is 1. The maximum absolute atomic E-state index is 11.9. The van der Waals surface area contributed by atoms with Crippen molar-refractivity contribution in [2.45, 2.75) is 52.4 Å². The lowest BCUT2D eigenvalue weighted by atomic mass is 9.99. The van der Waals surface area contributed by atoms with E-state index in [1.54, 1.807) is 4.57 Å². The second kappa shape index (κ2) is 5.42. The Bertz CT molecular complexity index is 657. The largest absolute Gasteiger partial charge is 0.387 e. The third-order valence-electron chi connectivity index (χ3n) is 3.73. The SMILES string of the molecule is C.CC(C)NC1CCn2c(=O)[nH]c3cccc(c32)C1O. The molecular formula is C15H23N3O2. The number of aromatic amines is 1. The van der Waals surface area contributed by atoms with E-state index in [1.165, 1.54) is 0 Å². The monoisotopic (exact) mass is 277 g/mol. The van der Waals surface area contributed by atoms with E-state index in [0.717, 1.165) is 23.0 Å². The van der Waals surface area contributed by atoms with Crippen LogP contribution in [0.2, 0.25) is 0 Å². The number of hydrogen-bond acceptors (Lipinski definition) is 3. The van der Waals surface area contributed by atoms with Gasteiger partial charge in [0, 0.05) is 24.2 Å². The van der Waals surface area contributed by atoms with Crippen molar-refractivity contribution in [1.29, 1.82) is 0 Å². The molecule has 5 heteroatoms. The molecule has 2 heterocycles. The number of imidazole rings is 1. The summed E-state index contributed by atoms with van der Waals surface area (Å²) in [5.74, 6) is 0. The summed E-state index contributed by atoms with van der Waals surface area (Å²) in [5, 5.41) is 14.0. The predicted octanol–water partition coefficient (Wildman–Crippen LogP) is 1.77. The molecule has 0 fully saturated rings. The van der Waals surface area contributed by atoms with Crippen LogP contribution in [0.15, 0.2) is 23.0 Å². The number of H-pyrrole nitrogens is 1. The van der Waals surface area contributed by atoms with Crippen molar-refractivity contribution < 1.29 is 5.11 Å². The normalized spacial score (nSPS) is 21.8. The Labute approximate surface area is 118 Å². The molecule has 2 unspecified atom stereocenters. The Morgan fingerprint density at radius 2 is 2.20 bits per heavy atom. The second-order valence-corrected chi connectivity index (χ2v) is 5.49. The maximum atomic E-state index is 11.9. The Morgan fingerprint density at radius 3 is 2.90 bits per heavy atom. The number of para-hydroxylation sites is 1. The van der Waals surface area contributed by atoms with Crippen molar-refractivity contribution >= 4 is 11.0 Å². The van der Waals surface area contributed by atoms with Crippen molar-refractivity contribution in [1.82, 2.24) is 14.9 Å². The van der Waals surface area contributed by atoms with Crippen LogP contribution < -0.4 is 11.0 Å². The first kappa shape index (κ1) is 14.8. The summed E-state index contributed by atoms with van der Waals surface area (Å²) >= 11 is 0. The summed E-state index contributed by atoms with van der Waals surface area (Å²) in [6, 6.07) is 5.93. The molecule has 0 aliphatic carbocycles. The van der Waals surface area contributed by atoms with Crippen molar-refractivity contribution in [3.05, 3.63) is 34.2 Å². The van der Waals surface area contributed by atoms with Crippen LogP contribution in [0.3, 0.4) is 0 Å². The molecule has 0 saturated carbocycles. The summed E-state index contributed by atoms with van der Waals surface area (Å²) in [4.78, 5) is 14.8. The molecule has 3 N–H and O–H groups in total. The number of benzene rings is 1. The average Bonchev–Trinajstić information content (AvgIpc) is 2.61. The highest BCUT2D eigenvalue weighted by Gasteiger charge is 2.28. The Morgan fingerprint density at radius 1 is 1.45 bits per heavy atom. The van der Waals surface area contributed by atoms with Crippen LogP contribution in [-0.2, 0) is 6.54 Å². The van der Waals surface area contributed by atoms with Gasteiger partial charge in [0.25, 0.3) is 0 Å². The van der Waals surface area contributed by atoms with Crippen LogP contribution in [0.4, 0.5) is 0 Å². The summed E-state index contributed by atoms with van der Waals surface area (Å²) < 4.78 is 1.73. The van der Waals surface area contributed by atoms with E-state index in [-0.39, 0.29) is 19.2 Å². The molecule has 3 rings (SSSR count). The minimum atomic E-state index is -0.588. The van der Waals surface area contributed by atoms with Crippen molar-refractivity contribution in [2.24, 2.45) is 0 Å². The molecule has 110 valence electrons. The molecule has 2 aromatic rings. The lowest BCUT2D eigenvalue weighted by Crippen LogP contribution is -2.39. The van der Waals surface area contributed by atoms with Gasteiger partial charge in [-0.05, 0) is 12.5 Å². The Kier molecular flexibility index (Phi) is 4.01. The first-order chi connectivity index (χ1) is 9.08. The minimum Gasteiger partial charge on any atom is -0.387 e. The minimum absolute atomic E-state index is 0. The maximum Gasteiger partial charge on any atom is 0.326 e. The number of aliphatic hydroxyl groups is 1. The Balaban J connectivity index is 0.00000147. The molecule has 1 aliphatic heterocycles. The van der Waals surface area contributed by atoms with Gasteiger partial charge in [0.05, 0.1) is 17.1 Å². The van der Waals surface area contributed by atoms with E-state index in [2.05, 4.69) is 24.1 Å². The topological polar surface area (TPSA) is 70.0 Å². The lowest BCUT2D eigenvalue weighted by molar-refractivity contribution is 0.121. The second-order valence-electron chi connectivity index (χ2n) is 5.49. The van der Waals surface area contributed by atoms with E-state index in [4.69, 9.17) is 0 Å². The van der Waals surface area contributed by atoms with Crippen LogP contribution in [0.25, 0.3) is 11.0 Å². The van der Waals surface area contributed by atoms with Crippen molar-refractivity contribution in [3.8, 4) is 0 Å². The van der Waals surface area contributed by atoms with Crippen molar-refractivity contribution in [2.75, 3.05) is 0 Å².